The Balaban J connectivity index is 2.23. The second-order valence-electron chi connectivity index (χ2n) is 8.56. The number of carbonyl (C=O) groups excluding carboxylic acids is 3. The normalized spacial score (nSPS) is 18.3. The van der Waals surface area contributed by atoms with Crippen molar-refractivity contribution < 1.29 is 27.6 Å². The lowest BCUT2D eigenvalue weighted by Crippen LogP contribution is -2.56. The summed E-state index contributed by atoms with van der Waals surface area (Å²) in [6, 6.07) is 12.2. The molecule has 2 aromatic carbocycles. The van der Waals surface area contributed by atoms with Crippen molar-refractivity contribution in [3.05, 3.63) is 76.5 Å². The quantitative estimate of drug-likeness (QED) is 0.657. The van der Waals surface area contributed by atoms with E-state index in [0.29, 0.717) is 11.1 Å². The standard InChI is InChI=1S/C25H23F3N4O3/c1-15-20(21(33)31(2)3)13-24(22(30)34,12-16-7-9-17(14-29)10-8-16)23(35)32(15)19-6-4-5-18(11-19)25(26,27)28/h4-11H,12-13H2,1-3H3,(H2,30,34). The van der Waals surface area contributed by atoms with E-state index in [-0.39, 0.29) is 29.8 Å². The van der Waals surface area contributed by atoms with Gasteiger partial charge >= 0.3 is 6.18 Å². The maximum absolute atomic E-state index is 13.9. The molecule has 3 amide bonds. The first-order valence-corrected chi connectivity index (χ1v) is 10.5. The van der Waals surface area contributed by atoms with Gasteiger partial charge < -0.3 is 10.6 Å². The Morgan fingerprint density at radius 1 is 1.17 bits per heavy atom. The fourth-order valence-corrected chi connectivity index (χ4v) is 4.10. The summed E-state index contributed by atoms with van der Waals surface area (Å²) in [5, 5.41) is 9.04. The van der Waals surface area contributed by atoms with Gasteiger partial charge in [0.05, 0.1) is 17.2 Å². The smallest absolute Gasteiger partial charge is 0.369 e. The molecule has 0 radical (unpaired) electrons. The predicted molar refractivity (Wildman–Crippen MR) is 121 cm³/mol. The summed E-state index contributed by atoms with van der Waals surface area (Å²) < 4.78 is 40.2. The number of likely N-dealkylation sites (N-methyl/N-ethyl adjacent to an activating group) is 1. The third-order valence-electron chi connectivity index (χ3n) is 6.02. The first-order valence-electron chi connectivity index (χ1n) is 10.5. The average molecular weight is 484 g/mol. The molecule has 10 heteroatoms. The third-order valence-corrected chi connectivity index (χ3v) is 6.02. The van der Waals surface area contributed by atoms with Gasteiger partial charge in [-0.15, -0.1) is 0 Å². The average Bonchev–Trinajstić information content (AvgIpc) is 2.80. The van der Waals surface area contributed by atoms with Crippen LogP contribution in [0.5, 0.6) is 0 Å². The highest BCUT2D eigenvalue weighted by Gasteiger charge is 2.52. The number of halogens is 3. The molecule has 0 fully saturated rings. The molecule has 0 aromatic heterocycles. The topological polar surface area (TPSA) is 107 Å². The first kappa shape index (κ1) is 25.5. The van der Waals surface area contributed by atoms with Gasteiger partial charge in [-0.2, -0.15) is 18.4 Å². The summed E-state index contributed by atoms with van der Waals surface area (Å²) in [5.41, 5.74) is 3.74. The first-order chi connectivity index (χ1) is 16.3. The maximum Gasteiger partial charge on any atom is 0.416 e. The lowest BCUT2D eigenvalue weighted by atomic mass is 9.71. The Kier molecular flexibility index (Phi) is 6.74. The van der Waals surface area contributed by atoms with E-state index in [1.807, 2.05) is 6.07 Å². The third kappa shape index (κ3) is 4.75. The summed E-state index contributed by atoms with van der Waals surface area (Å²) >= 11 is 0. The van der Waals surface area contributed by atoms with Crippen LogP contribution in [0.15, 0.2) is 59.8 Å². The number of hydrogen-bond acceptors (Lipinski definition) is 4. The maximum atomic E-state index is 13.9. The van der Waals surface area contributed by atoms with Crippen molar-refractivity contribution in [1.82, 2.24) is 4.90 Å². The van der Waals surface area contributed by atoms with E-state index in [1.165, 1.54) is 44.1 Å². The molecule has 1 aliphatic rings. The molecule has 1 aliphatic heterocycles. The van der Waals surface area contributed by atoms with Crippen LogP contribution in [0, 0.1) is 16.7 Å². The van der Waals surface area contributed by atoms with Crippen LogP contribution in [0.2, 0.25) is 0 Å². The largest absolute Gasteiger partial charge is 0.416 e. The van der Waals surface area contributed by atoms with Crippen LogP contribution in [-0.2, 0) is 27.0 Å². The number of hydrogen-bond donors (Lipinski definition) is 1. The Hall–Kier alpha value is -4.13. The van der Waals surface area contributed by atoms with Crippen molar-refractivity contribution >= 4 is 23.4 Å². The number of rotatable bonds is 5. The molecule has 1 heterocycles. The predicted octanol–water partition coefficient (Wildman–Crippen LogP) is 3.39. The lowest BCUT2D eigenvalue weighted by molar-refractivity contribution is -0.141. The van der Waals surface area contributed by atoms with Crippen LogP contribution in [-0.4, -0.2) is 36.7 Å². The van der Waals surface area contributed by atoms with Crippen molar-refractivity contribution in [2.45, 2.75) is 25.9 Å². The Bertz CT molecular complexity index is 1260. The fraction of sp³-hybridized carbons (Fsp3) is 0.280. The molecule has 1 unspecified atom stereocenters. The SMILES string of the molecule is CC1=C(C(=O)N(C)C)CC(Cc2ccc(C#N)cc2)(C(N)=O)C(=O)N1c1cccc(C(F)(F)F)c1. The molecule has 2 aromatic rings. The highest BCUT2D eigenvalue weighted by atomic mass is 19.4. The molecule has 35 heavy (non-hydrogen) atoms. The molecule has 182 valence electrons. The van der Waals surface area contributed by atoms with Crippen LogP contribution < -0.4 is 10.6 Å². The van der Waals surface area contributed by atoms with Crippen LogP contribution >= 0.6 is 0 Å². The Morgan fingerprint density at radius 3 is 2.31 bits per heavy atom. The minimum atomic E-state index is -4.67. The zero-order valence-electron chi connectivity index (χ0n) is 19.3. The lowest BCUT2D eigenvalue weighted by Gasteiger charge is -2.41. The van der Waals surface area contributed by atoms with Crippen molar-refractivity contribution in [2.24, 2.45) is 11.1 Å². The second kappa shape index (κ2) is 9.25. The Morgan fingerprint density at radius 2 is 1.80 bits per heavy atom. The van der Waals surface area contributed by atoms with Crippen molar-refractivity contribution in [3.8, 4) is 6.07 Å². The summed E-state index contributed by atoms with van der Waals surface area (Å²) in [5.74, 6) is -2.35. The van der Waals surface area contributed by atoms with Crippen molar-refractivity contribution in [3.63, 3.8) is 0 Å². The van der Waals surface area contributed by atoms with Crippen molar-refractivity contribution in [1.29, 1.82) is 5.26 Å². The molecule has 0 saturated carbocycles. The molecule has 1 atom stereocenters. The number of allylic oxidation sites excluding steroid dienone is 1. The summed E-state index contributed by atoms with van der Waals surface area (Å²) in [7, 11) is 2.97. The van der Waals surface area contributed by atoms with E-state index in [0.717, 1.165) is 23.1 Å². The van der Waals surface area contributed by atoms with E-state index < -0.39 is 34.9 Å². The summed E-state index contributed by atoms with van der Waals surface area (Å²) in [6.45, 7) is 1.45. The second-order valence-corrected chi connectivity index (χ2v) is 8.56. The van der Waals surface area contributed by atoms with Gasteiger partial charge in [0.25, 0.3) is 5.91 Å². The molecule has 0 spiro atoms. The Labute approximate surface area is 200 Å². The van der Waals surface area contributed by atoms with Gasteiger partial charge in [-0.1, -0.05) is 18.2 Å². The van der Waals surface area contributed by atoms with E-state index in [2.05, 4.69) is 0 Å². The number of nitriles is 1. The minimum Gasteiger partial charge on any atom is -0.369 e. The number of nitrogens with zero attached hydrogens (tertiary/aromatic N) is 3. The molecule has 2 N–H and O–H groups in total. The van der Waals surface area contributed by atoms with Gasteiger partial charge in [-0.05, 0) is 49.2 Å². The summed E-state index contributed by atoms with van der Waals surface area (Å²) in [4.78, 5) is 42.0. The molecule has 0 saturated heterocycles. The molecule has 7 nitrogen and oxygen atoms in total. The highest BCUT2D eigenvalue weighted by Crippen LogP contribution is 2.43. The van der Waals surface area contributed by atoms with Gasteiger partial charge in [-0.25, -0.2) is 0 Å². The van der Waals surface area contributed by atoms with Crippen molar-refractivity contribution in [2.75, 3.05) is 19.0 Å². The van der Waals surface area contributed by atoms with Gasteiger partial charge in [0.1, 0.15) is 5.41 Å². The number of alkyl halides is 3. The van der Waals surface area contributed by atoms with Gasteiger partial charge in [0, 0.05) is 37.5 Å². The number of primary amides is 1. The van der Waals surface area contributed by atoms with E-state index in [4.69, 9.17) is 11.0 Å². The number of nitrogens with two attached hydrogens (primary N) is 1. The molecule has 0 bridgehead atoms. The van der Waals surface area contributed by atoms with Gasteiger partial charge in [0.2, 0.25) is 11.8 Å². The highest BCUT2D eigenvalue weighted by molar-refractivity contribution is 6.16. The van der Waals surface area contributed by atoms with Crippen LogP contribution in [0.25, 0.3) is 0 Å². The zero-order chi connectivity index (χ0) is 26.1. The number of amides is 3. The monoisotopic (exact) mass is 484 g/mol. The minimum absolute atomic E-state index is 0.0828. The molecule has 0 aliphatic carbocycles. The molecular weight excluding hydrogens is 461 g/mol. The van der Waals surface area contributed by atoms with E-state index in [9.17, 15) is 27.6 Å². The van der Waals surface area contributed by atoms with E-state index >= 15 is 0 Å². The van der Waals surface area contributed by atoms with Gasteiger partial charge in [-0.3, -0.25) is 19.3 Å². The van der Waals surface area contributed by atoms with Crippen LogP contribution in [0.4, 0.5) is 18.9 Å². The number of benzene rings is 2. The molecular formula is C25H23F3N4O3. The molecule has 3 rings (SSSR count). The summed E-state index contributed by atoms with van der Waals surface area (Å²) in [6.07, 6.45) is -5.20. The van der Waals surface area contributed by atoms with Gasteiger partial charge in [0.15, 0.2) is 0 Å². The number of anilines is 1. The number of carbonyl (C=O) groups is 3. The van der Waals surface area contributed by atoms with Crippen LogP contribution in [0.1, 0.15) is 30.0 Å². The zero-order valence-corrected chi connectivity index (χ0v) is 19.3. The fourth-order valence-electron chi connectivity index (χ4n) is 4.10. The van der Waals surface area contributed by atoms with Crippen LogP contribution in [0.3, 0.4) is 0 Å². The van der Waals surface area contributed by atoms with E-state index in [1.54, 1.807) is 12.1 Å².